The molecule has 3 atom stereocenters. The van der Waals surface area contributed by atoms with Crippen LogP contribution in [-0.4, -0.2) is 47.8 Å². The van der Waals surface area contributed by atoms with Crippen molar-refractivity contribution in [3.63, 3.8) is 0 Å². The summed E-state index contributed by atoms with van der Waals surface area (Å²) in [5, 5.41) is 18.3. The molecule has 37 heavy (non-hydrogen) atoms. The molecule has 12 heteroatoms. The van der Waals surface area contributed by atoms with Crippen LogP contribution in [0.15, 0.2) is 28.8 Å². The van der Waals surface area contributed by atoms with Gasteiger partial charge in [0.25, 0.3) is 0 Å². The highest BCUT2D eigenvalue weighted by atomic mass is 35.5. The molecule has 0 radical (unpaired) electrons. The van der Waals surface area contributed by atoms with Gasteiger partial charge in [0.05, 0.1) is 34.9 Å². The second kappa shape index (κ2) is 7.99. The normalized spacial score (nSPS) is 24.4. The molecule has 2 aromatic carbocycles. The van der Waals surface area contributed by atoms with Crippen molar-refractivity contribution in [2.45, 2.75) is 38.5 Å². The molecular formula is C25H19ClFN5O5. The zero-order valence-electron chi connectivity index (χ0n) is 19.6. The SMILES string of the molecule is C[C@@H]1CN2c3c(cc4c(-c5ccc(C#N)c(F)c5)noc4c3Cl)CC3(C(=O)NC(=O)NC3=O)[C@H]2[C@H](C)O1. The lowest BCUT2D eigenvalue weighted by Gasteiger charge is -2.55. The van der Waals surface area contributed by atoms with E-state index in [0.717, 1.165) is 0 Å². The number of urea groups is 1. The van der Waals surface area contributed by atoms with Crippen LogP contribution < -0.4 is 15.5 Å². The fourth-order valence-electron chi connectivity index (χ4n) is 5.91. The van der Waals surface area contributed by atoms with E-state index in [4.69, 9.17) is 26.1 Å². The summed E-state index contributed by atoms with van der Waals surface area (Å²) in [6, 6.07) is 5.93. The van der Waals surface area contributed by atoms with Crippen molar-refractivity contribution in [1.82, 2.24) is 15.8 Å². The van der Waals surface area contributed by atoms with Crippen LogP contribution in [0.3, 0.4) is 0 Å². The standard InChI is InChI=1S/C25H19ClFN5O5/c1-10-9-32-19-14(7-25(21(32)11(2)36-10)22(33)29-24(35)30-23(25)34)5-15-18(31-37-20(15)17(19)26)12-3-4-13(8-28)16(27)6-12/h3-6,10-11,21H,7,9H2,1-2H3,(H2,29,30,33,34,35)/t10-,11+,21-/m1/s1. The number of barbiturate groups is 1. The van der Waals surface area contributed by atoms with E-state index in [1.165, 1.54) is 12.1 Å². The highest BCUT2D eigenvalue weighted by Gasteiger charge is 2.63. The van der Waals surface area contributed by atoms with Gasteiger partial charge in [-0.15, -0.1) is 0 Å². The zero-order valence-corrected chi connectivity index (χ0v) is 20.4. The molecule has 0 bridgehead atoms. The van der Waals surface area contributed by atoms with Crippen LogP contribution in [0.5, 0.6) is 0 Å². The summed E-state index contributed by atoms with van der Waals surface area (Å²) < 4.78 is 26.0. The Bertz CT molecular complexity index is 1560. The topological polar surface area (TPSA) is 138 Å². The minimum absolute atomic E-state index is 0.0709. The maximum Gasteiger partial charge on any atom is 0.328 e. The summed E-state index contributed by atoms with van der Waals surface area (Å²) in [7, 11) is 0. The molecule has 0 saturated carbocycles. The predicted octanol–water partition coefficient (Wildman–Crippen LogP) is 3.05. The van der Waals surface area contributed by atoms with Gasteiger partial charge in [-0.3, -0.25) is 20.2 Å². The third kappa shape index (κ3) is 3.19. The smallest absolute Gasteiger partial charge is 0.328 e. The number of carbonyl (C=O) groups is 3. The Morgan fingerprint density at radius 3 is 2.62 bits per heavy atom. The van der Waals surface area contributed by atoms with Crippen molar-refractivity contribution in [3.05, 3.63) is 46.2 Å². The van der Waals surface area contributed by atoms with E-state index in [2.05, 4.69) is 15.8 Å². The molecule has 3 aliphatic heterocycles. The van der Waals surface area contributed by atoms with Gasteiger partial charge in [-0.05, 0) is 44.0 Å². The summed E-state index contributed by atoms with van der Waals surface area (Å²) in [5.41, 5.74) is 0.271. The van der Waals surface area contributed by atoms with Gasteiger partial charge in [0, 0.05) is 12.1 Å². The first-order valence-electron chi connectivity index (χ1n) is 11.6. The van der Waals surface area contributed by atoms with Crippen molar-refractivity contribution in [1.29, 1.82) is 5.26 Å². The first-order chi connectivity index (χ1) is 17.6. The molecule has 0 aliphatic carbocycles. The molecule has 188 valence electrons. The molecule has 4 heterocycles. The number of ether oxygens (including phenoxy) is 1. The number of hydrogen-bond donors (Lipinski definition) is 2. The molecule has 0 unspecified atom stereocenters. The predicted molar refractivity (Wildman–Crippen MR) is 128 cm³/mol. The average molecular weight is 524 g/mol. The number of nitriles is 1. The van der Waals surface area contributed by atoms with Crippen molar-refractivity contribution >= 4 is 46.1 Å². The fourth-order valence-corrected chi connectivity index (χ4v) is 6.28. The van der Waals surface area contributed by atoms with E-state index >= 15 is 0 Å². The molecule has 4 amide bonds. The van der Waals surface area contributed by atoms with Crippen LogP contribution in [0.25, 0.3) is 22.2 Å². The number of imide groups is 2. The van der Waals surface area contributed by atoms with Crippen molar-refractivity contribution in [2.24, 2.45) is 5.41 Å². The van der Waals surface area contributed by atoms with E-state index in [1.54, 1.807) is 25.1 Å². The number of benzene rings is 2. The summed E-state index contributed by atoms with van der Waals surface area (Å²) in [5.74, 6) is -2.15. The molecule has 3 aromatic rings. The van der Waals surface area contributed by atoms with Crippen LogP contribution in [0, 0.1) is 22.6 Å². The van der Waals surface area contributed by atoms with Gasteiger partial charge in [-0.25, -0.2) is 9.18 Å². The molecule has 2 fully saturated rings. The zero-order chi connectivity index (χ0) is 26.2. The minimum atomic E-state index is -1.67. The number of rotatable bonds is 1. The Kier molecular flexibility index (Phi) is 5.05. The summed E-state index contributed by atoms with van der Waals surface area (Å²) in [4.78, 5) is 40.5. The number of amides is 4. The second-order valence-electron chi connectivity index (χ2n) is 9.55. The monoisotopic (exact) mass is 523 g/mol. The van der Waals surface area contributed by atoms with Crippen LogP contribution >= 0.6 is 11.6 Å². The Morgan fingerprint density at radius 1 is 1.22 bits per heavy atom. The Labute approximate surface area is 214 Å². The highest BCUT2D eigenvalue weighted by Crippen LogP contribution is 2.51. The second-order valence-corrected chi connectivity index (χ2v) is 9.93. The van der Waals surface area contributed by atoms with Gasteiger partial charge in [-0.1, -0.05) is 22.8 Å². The number of aromatic nitrogens is 1. The van der Waals surface area contributed by atoms with Gasteiger partial charge in [0.15, 0.2) is 11.0 Å². The summed E-state index contributed by atoms with van der Waals surface area (Å²) in [6.45, 7) is 3.97. The number of halogens is 2. The first-order valence-corrected chi connectivity index (χ1v) is 11.9. The number of hydrogen-bond acceptors (Lipinski definition) is 8. The first kappa shape index (κ1) is 23.4. The summed E-state index contributed by atoms with van der Waals surface area (Å²) in [6.07, 6.45) is -0.872. The molecule has 10 nitrogen and oxygen atoms in total. The lowest BCUT2D eigenvalue weighted by atomic mass is 9.66. The summed E-state index contributed by atoms with van der Waals surface area (Å²) >= 11 is 6.89. The maximum atomic E-state index is 14.4. The Morgan fingerprint density at radius 2 is 1.95 bits per heavy atom. The third-order valence-electron chi connectivity index (χ3n) is 7.33. The fraction of sp³-hybridized carbons (Fsp3) is 0.320. The Hall–Kier alpha value is -4.01. The average Bonchev–Trinajstić information content (AvgIpc) is 3.26. The molecule has 1 aromatic heterocycles. The molecular weight excluding hydrogens is 505 g/mol. The molecule has 3 aliphatic rings. The van der Waals surface area contributed by atoms with Gasteiger partial charge in [-0.2, -0.15) is 5.26 Å². The number of nitrogens with one attached hydrogen (secondary N) is 2. The number of carbonyl (C=O) groups excluding carboxylic acids is 3. The van der Waals surface area contributed by atoms with Gasteiger partial charge in [0.1, 0.15) is 22.6 Å². The van der Waals surface area contributed by atoms with Crippen LogP contribution in [0.4, 0.5) is 14.9 Å². The van der Waals surface area contributed by atoms with Crippen LogP contribution in [-0.2, 0) is 20.7 Å². The van der Waals surface area contributed by atoms with E-state index < -0.39 is 41.2 Å². The van der Waals surface area contributed by atoms with E-state index in [1.807, 2.05) is 11.8 Å². The highest BCUT2D eigenvalue weighted by molar-refractivity contribution is 6.38. The van der Waals surface area contributed by atoms with Crippen LogP contribution in [0.1, 0.15) is 25.0 Å². The molecule has 2 saturated heterocycles. The third-order valence-corrected chi connectivity index (χ3v) is 7.68. The quantitative estimate of drug-likeness (QED) is 0.464. The molecule has 1 spiro atoms. The van der Waals surface area contributed by atoms with Gasteiger partial charge in [0.2, 0.25) is 11.8 Å². The number of nitrogens with zero attached hydrogens (tertiary/aromatic N) is 3. The lowest BCUT2D eigenvalue weighted by molar-refractivity contribution is -0.153. The molecule has 2 N–H and O–H groups in total. The number of morpholine rings is 1. The Balaban J connectivity index is 1.58. The molecule has 6 rings (SSSR count). The van der Waals surface area contributed by atoms with Gasteiger partial charge >= 0.3 is 6.03 Å². The van der Waals surface area contributed by atoms with Crippen molar-refractivity contribution < 1.29 is 28.0 Å². The van der Waals surface area contributed by atoms with Crippen molar-refractivity contribution in [3.8, 4) is 17.3 Å². The number of fused-ring (bicyclic) bond motifs is 5. The maximum absolute atomic E-state index is 14.4. The largest absolute Gasteiger partial charge is 0.372 e. The van der Waals surface area contributed by atoms with Crippen molar-refractivity contribution in [2.75, 3.05) is 11.4 Å². The number of anilines is 1. The van der Waals surface area contributed by atoms with E-state index in [-0.39, 0.29) is 34.4 Å². The van der Waals surface area contributed by atoms with Gasteiger partial charge < -0.3 is 14.2 Å². The van der Waals surface area contributed by atoms with E-state index in [9.17, 15) is 18.8 Å². The lowest BCUT2D eigenvalue weighted by Crippen LogP contribution is -2.75. The van der Waals surface area contributed by atoms with Crippen LogP contribution in [0.2, 0.25) is 5.02 Å². The minimum Gasteiger partial charge on any atom is -0.372 e. The van der Waals surface area contributed by atoms with E-state index in [0.29, 0.717) is 28.7 Å².